The Morgan fingerprint density at radius 3 is 2.11 bits per heavy atom. The van der Waals surface area contributed by atoms with Crippen molar-refractivity contribution >= 4 is 11.6 Å². The third-order valence-electron chi connectivity index (χ3n) is 3.34. The largest absolute Gasteiger partial charge is 0.325 e. The van der Waals surface area contributed by atoms with Crippen LogP contribution in [-0.2, 0) is 10.2 Å². The molecule has 0 saturated heterocycles. The summed E-state index contributed by atoms with van der Waals surface area (Å²) in [7, 11) is 1.75. The summed E-state index contributed by atoms with van der Waals surface area (Å²) in [4.78, 5) is 12.0. The van der Waals surface area contributed by atoms with E-state index in [-0.39, 0.29) is 5.91 Å². The number of carbonyl (C=O) groups is 1. The zero-order chi connectivity index (χ0) is 14.7. The lowest BCUT2D eigenvalue weighted by molar-refractivity contribution is -0.121. The molecular formula is C15H21N3O. The fraction of sp³-hybridized carbons (Fsp3) is 0.467. The third kappa shape index (κ3) is 3.55. The molecule has 1 aromatic carbocycles. The summed E-state index contributed by atoms with van der Waals surface area (Å²) in [6.07, 6.45) is 0. The van der Waals surface area contributed by atoms with Crippen LogP contribution in [0.25, 0.3) is 0 Å². The average Bonchev–Trinajstić information content (AvgIpc) is 2.39. The van der Waals surface area contributed by atoms with Gasteiger partial charge in [-0.2, -0.15) is 5.26 Å². The number of nitrogens with one attached hydrogen (secondary N) is 2. The molecule has 0 fully saturated rings. The van der Waals surface area contributed by atoms with Crippen LogP contribution < -0.4 is 10.6 Å². The number of nitrogens with zero attached hydrogens (tertiary/aromatic N) is 1. The van der Waals surface area contributed by atoms with Gasteiger partial charge in [-0.1, -0.05) is 12.1 Å². The smallest absolute Gasteiger partial charge is 0.244 e. The van der Waals surface area contributed by atoms with Crippen molar-refractivity contribution in [3.05, 3.63) is 29.8 Å². The van der Waals surface area contributed by atoms with Gasteiger partial charge in [0.2, 0.25) is 5.91 Å². The molecule has 0 saturated carbocycles. The Balaban J connectivity index is 2.85. The van der Waals surface area contributed by atoms with Crippen molar-refractivity contribution in [3.63, 3.8) is 0 Å². The molecule has 19 heavy (non-hydrogen) atoms. The number of likely N-dealkylation sites (N-methyl/N-ethyl adjacent to an activating group) is 1. The number of nitriles is 1. The number of carbonyl (C=O) groups excluding carboxylic acids is 1. The molecule has 0 spiro atoms. The van der Waals surface area contributed by atoms with Crippen molar-refractivity contribution < 1.29 is 4.79 Å². The van der Waals surface area contributed by atoms with Crippen molar-refractivity contribution in [1.82, 2.24) is 5.32 Å². The Bertz CT molecular complexity index is 495. The lowest BCUT2D eigenvalue weighted by atomic mass is 9.86. The minimum Gasteiger partial charge on any atom is -0.325 e. The molecule has 2 N–H and O–H groups in total. The Hall–Kier alpha value is -1.86. The summed E-state index contributed by atoms with van der Waals surface area (Å²) in [5.74, 6) is -0.0951. The van der Waals surface area contributed by atoms with Crippen molar-refractivity contribution in [1.29, 1.82) is 5.26 Å². The molecular weight excluding hydrogens is 238 g/mol. The number of hydrogen-bond acceptors (Lipinski definition) is 3. The van der Waals surface area contributed by atoms with Crippen LogP contribution in [0.1, 0.15) is 33.3 Å². The zero-order valence-corrected chi connectivity index (χ0v) is 12.2. The number of amides is 1. The molecule has 0 aliphatic rings. The van der Waals surface area contributed by atoms with Crippen molar-refractivity contribution in [2.75, 3.05) is 12.4 Å². The number of rotatable bonds is 4. The summed E-state index contributed by atoms with van der Waals surface area (Å²) < 4.78 is 0. The SMILES string of the molecule is CNC(C)(C)C(=O)Nc1ccc(C(C)(C)C#N)cc1. The van der Waals surface area contributed by atoms with Crippen LogP contribution >= 0.6 is 0 Å². The van der Waals surface area contributed by atoms with Crippen LogP contribution in [0, 0.1) is 11.3 Å². The molecule has 0 heterocycles. The second-order valence-corrected chi connectivity index (χ2v) is 5.64. The van der Waals surface area contributed by atoms with Crippen LogP contribution in [0.5, 0.6) is 0 Å². The summed E-state index contributed by atoms with van der Waals surface area (Å²) >= 11 is 0. The molecule has 1 rings (SSSR count). The van der Waals surface area contributed by atoms with Gasteiger partial charge in [0.1, 0.15) is 0 Å². The first kappa shape index (κ1) is 15.2. The molecule has 0 aliphatic heterocycles. The van der Waals surface area contributed by atoms with Crippen LogP contribution in [0.3, 0.4) is 0 Å². The topological polar surface area (TPSA) is 64.9 Å². The van der Waals surface area contributed by atoms with E-state index in [2.05, 4.69) is 16.7 Å². The first-order valence-electron chi connectivity index (χ1n) is 6.25. The standard InChI is InChI=1S/C15H21N3O/c1-14(2,10-16)11-6-8-12(9-7-11)18-13(19)15(3,4)17-5/h6-9,17H,1-5H3,(H,18,19). The van der Waals surface area contributed by atoms with Crippen LogP contribution in [0.2, 0.25) is 0 Å². The fourth-order valence-electron chi connectivity index (χ4n) is 1.44. The van der Waals surface area contributed by atoms with Gasteiger partial charge in [0.05, 0.1) is 17.0 Å². The molecule has 0 radical (unpaired) electrons. The highest BCUT2D eigenvalue weighted by atomic mass is 16.2. The lowest BCUT2D eigenvalue weighted by Gasteiger charge is -2.23. The highest BCUT2D eigenvalue weighted by molar-refractivity contribution is 5.97. The molecule has 4 nitrogen and oxygen atoms in total. The van der Waals surface area contributed by atoms with E-state index < -0.39 is 11.0 Å². The van der Waals surface area contributed by atoms with Gasteiger partial charge in [0, 0.05) is 5.69 Å². The first-order valence-corrected chi connectivity index (χ1v) is 6.25. The van der Waals surface area contributed by atoms with E-state index in [1.165, 1.54) is 0 Å². The molecule has 0 bridgehead atoms. The van der Waals surface area contributed by atoms with Crippen molar-refractivity contribution in [2.24, 2.45) is 0 Å². The van der Waals surface area contributed by atoms with Gasteiger partial charge in [-0.15, -0.1) is 0 Å². The molecule has 102 valence electrons. The van der Waals surface area contributed by atoms with Gasteiger partial charge < -0.3 is 10.6 Å². The number of benzene rings is 1. The molecule has 4 heteroatoms. The Labute approximate surface area is 114 Å². The van der Waals surface area contributed by atoms with Gasteiger partial charge in [-0.3, -0.25) is 4.79 Å². The maximum atomic E-state index is 12.0. The van der Waals surface area contributed by atoms with Crippen LogP contribution in [0.4, 0.5) is 5.69 Å². The predicted molar refractivity (Wildman–Crippen MR) is 76.8 cm³/mol. The monoisotopic (exact) mass is 259 g/mol. The van der Waals surface area contributed by atoms with Crippen LogP contribution in [-0.4, -0.2) is 18.5 Å². The van der Waals surface area contributed by atoms with E-state index >= 15 is 0 Å². The molecule has 1 amide bonds. The first-order chi connectivity index (χ1) is 8.73. The quantitative estimate of drug-likeness (QED) is 0.872. The number of anilines is 1. The van der Waals surface area contributed by atoms with E-state index in [1.807, 2.05) is 52.0 Å². The minimum absolute atomic E-state index is 0.0951. The van der Waals surface area contributed by atoms with Crippen LogP contribution in [0.15, 0.2) is 24.3 Å². The highest BCUT2D eigenvalue weighted by Gasteiger charge is 2.25. The third-order valence-corrected chi connectivity index (χ3v) is 3.34. The van der Waals surface area contributed by atoms with E-state index in [4.69, 9.17) is 5.26 Å². The van der Waals surface area contributed by atoms with Gasteiger partial charge in [-0.05, 0) is 52.4 Å². The van der Waals surface area contributed by atoms with Crippen molar-refractivity contribution in [3.8, 4) is 6.07 Å². The zero-order valence-electron chi connectivity index (χ0n) is 12.2. The molecule has 1 aromatic rings. The Kier molecular flexibility index (Phi) is 4.33. The van der Waals surface area contributed by atoms with E-state index in [9.17, 15) is 4.79 Å². The summed E-state index contributed by atoms with van der Waals surface area (Å²) in [6, 6.07) is 9.62. The van der Waals surface area contributed by atoms with E-state index in [0.717, 1.165) is 11.3 Å². The lowest BCUT2D eigenvalue weighted by Crippen LogP contribution is -2.47. The van der Waals surface area contributed by atoms with E-state index in [1.54, 1.807) is 7.05 Å². The molecule has 0 aliphatic carbocycles. The van der Waals surface area contributed by atoms with E-state index in [0.29, 0.717) is 0 Å². The Morgan fingerprint density at radius 1 is 1.16 bits per heavy atom. The summed E-state index contributed by atoms with van der Waals surface area (Å²) in [5, 5.41) is 14.9. The second-order valence-electron chi connectivity index (χ2n) is 5.64. The fourth-order valence-corrected chi connectivity index (χ4v) is 1.44. The molecule has 0 unspecified atom stereocenters. The maximum Gasteiger partial charge on any atom is 0.244 e. The normalized spacial score (nSPS) is 11.8. The summed E-state index contributed by atoms with van der Waals surface area (Å²) in [5.41, 5.74) is 0.517. The summed E-state index contributed by atoms with van der Waals surface area (Å²) in [6.45, 7) is 7.36. The van der Waals surface area contributed by atoms with Crippen molar-refractivity contribution in [2.45, 2.75) is 38.6 Å². The van der Waals surface area contributed by atoms with Gasteiger partial charge >= 0.3 is 0 Å². The average molecular weight is 259 g/mol. The number of hydrogen-bond donors (Lipinski definition) is 2. The molecule has 0 atom stereocenters. The van der Waals surface area contributed by atoms with Gasteiger partial charge in [-0.25, -0.2) is 0 Å². The second kappa shape index (κ2) is 5.41. The minimum atomic E-state index is -0.620. The Morgan fingerprint density at radius 2 is 1.68 bits per heavy atom. The maximum absolute atomic E-state index is 12.0. The molecule has 0 aromatic heterocycles. The highest BCUT2D eigenvalue weighted by Crippen LogP contribution is 2.23. The van der Waals surface area contributed by atoms with Gasteiger partial charge in [0.25, 0.3) is 0 Å². The predicted octanol–water partition coefficient (Wildman–Crippen LogP) is 2.42. The van der Waals surface area contributed by atoms with Gasteiger partial charge in [0.15, 0.2) is 0 Å².